The number of rotatable bonds is 3. The monoisotopic (exact) mass is 189 g/mol. The fraction of sp³-hybridized carbons (Fsp3) is 0.600. The second-order valence-corrected chi connectivity index (χ2v) is 4.48. The zero-order valence-electron chi connectivity index (χ0n) is 6.92. The van der Waals surface area contributed by atoms with E-state index in [4.69, 9.17) is 4.78 Å². The molecule has 1 atom stereocenters. The van der Waals surface area contributed by atoms with Crippen molar-refractivity contribution in [2.24, 2.45) is 0 Å². The zero-order valence-corrected chi connectivity index (χ0v) is 7.73. The molecule has 0 aliphatic heterocycles. The number of nitrogens with one attached hydrogen (secondary N) is 3. The molecule has 1 heterocycles. The fourth-order valence-corrected chi connectivity index (χ4v) is 1.07. The highest BCUT2D eigenvalue weighted by Crippen LogP contribution is 1.90. The molecule has 1 unspecified atom stereocenters. The summed E-state index contributed by atoms with van der Waals surface area (Å²) in [5.74, 6) is 1.23. The molecule has 7 heteroatoms. The Morgan fingerprint density at radius 2 is 2.42 bits per heavy atom. The number of aromatic amines is 1. The first-order valence-electron chi connectivity index (χ1n) is 3.33. The summed E-state index contributed by atoms with van der Waals surface area (Å²) in [6.45, 7) is 2.03. The minimum absolute atomic E-state index is 0.253. The molecule has 1 aromatic heterocycles. The largest absolute Gasteiger partial charge is 0.263 e. The average Bonchev–Trinajstić information content (AvgIpc) is 2.30. The molecule has 0 aromatic carbocycles. The molecular formula is C5H11N5OS. The van der Waals surface area contributed by atoms with E-state index in [-0.39, 0.29) is 6.54 Å². The molecule has 68 valence electrons. The highest BCUT2D eigenvalue weighted by atomic mass is 32.2. The molecule has 3 N–H and O–H groups in total. The highest BCUT2D eigenvalue weighted by Gasteiger charge is 2.01. The van der Waals surface area contributed by atoms with Crippen molar-refractivity contribution < 1.29 is 4.21 Å². The molecule has 6 nitrogen and oxygen atoms in total. The summed E-state index contributed by atoms with van der Waals surface area (Å²) in [5, 5.41) is 6.46. The van der Waals surface area contributed by atoms with Crippen LogP contribution in [-0.2, 0) is 16.5 Å². The standard InChI is InChI=1S/C5H11N5OS/c1-4-8-5(10-9-4)3-7-12(2,6)11/h3H2,1-2H3,(H2,6,7,11)(H,8,9,10). The number of nitrogens with zero attached hydrogens (tertiary/aromatic N) is 2. The molecule has 0 aliphatic rings. The van der Waals surface area contributed by atoms with E-state index in [1.807, 2.05) is 0 Å². The number of aryl methyl sites for hydroxylation is 1. The summed E-state index contributed by atoms with van der Waals surface area (Å²) in [6, 6.07) is 0. The minimum Gasteiger partial charge on any atom is -0.263 e. The van der Waals surface area contributed by atoms with Gasteiger partial charge in [0.05, 0.1) is 6.54 Å². The van der Waals surface area contributed by atoms with E-state index in [1.165, 1.54) is 6.26 Å². The highest BCUT2D eigenvalue weighted by molar-refractivity contribution is 7.89. The zero-order chi connectivity index (χ0) is 9.19. The second-order valence-electron chi connectivity index (χ2n) is 2.50. The summed E-state index contributed by atoms with van der Waals surface area (Å²) in [4.78, 5) is 3.98. The van der Waals surface area contributed by atoms with Gasteiger partial charge in [-0.2, -0.15) is 5.10 Å². The summed E-state index contributed by atoms with van der Waals surface area (Å²) in [7, 11) is -2.66. The Morgan fingerprint density at radius 3 is 2.83 bits per heavy atom. The van der Waals surface area contributed by atoms with E-state index in [2.05, 4.69) is 19.9 Å². The van der Waals surface area contributed by atoms with Crippen molar-refractivity contribution in [2.45, 2.75) is 13.5 Å². The fourth-order valence-electron chi connectivity index (χ4n) is 0.670. The predicted octanol–water partition coefficient (Wildman–Crippen LogP) is -0.206. The van der Waals surface area contributed by atoms with Crippen molar-refractivity contribution in [3.05, 3.63) is 11.6 Å². The van der Waals surface area contributed by atoms with Crippen molar-refractivity contribution in [2.75, 3.05) is 6.26 Å². The Morgan fingerprint density at radius 1 is 1.75 bits per heavy atom. The maximum Gasteiger partial charge on any atom is 0.165 e. The number of hydrogen-bond acceptors (Lipinski definition) is 4. The topological polar surface area (TPSA) is 94.5 Å². The van der Waals surface area contributed by atoms with Crippen LogP contribution in [0.4, 0.5) is 0 Å². The summed E-state index contributed by atoms with van der Waals surface area (Å²) >= 11 is 0. The van der Waals surface area contributed by atoms with Gasteiger partial charge < -0.3 is 0 Å². The number of H-pyrrole nitrogens is 1. The number of aromatic nitrogens is 3. The Balaban J connectivity index is 2.55. The minimum atomic E-state index is -2.66. The molecule has 1 rings (SSSR count). The Bertz CT molecular complexity index is 354. The van der Waals surface area contributed by atoms with Crippen LogP contribution >= 0.6 is 0 Å². The van der Waals surface area contributed by atoms with E-state index in [0.29, 0.717) is 11.6 Å². The lowest BCUT2D eigenvalue weighted by Gasteiger charge is -1.99. The Labute approximate surface area is 70.9 Å². The Hall–Kier alpha value is -0.950. The smallest absolute Gasteiger partial charge is 0.165 e. The molecule has 0 bridgehead atoms. The lowest BCUT2D eigenvalue weighted by molar-refractivity contribution is 0.664. The van der Waals surface area contributed by atoms with Crippen molar-refractivity contribution >= 4 is 9.92 Å². The first-order chi connectivity index (χ1) is 5.47. The molecule has 0 saturated carbocycles. The van der Waals surface area contributed by atoms with E-state index in [9.17, 15) is 4.21 Å². The van der Waals surface area contributed by atoms with Crippen LogP contribution in [0, 0.1) is 11.7 Å². The van der Waals surface area contributed by atoms with Crippen LogP contribution in [0.15, 0.2) is 0 Å². The third-order valence-electron chi connectivity index (χ3n) is 1.15. The lowest BCUT2D eigenvalue weighted by atomic mass is 10.6. The van der Waals surface area contributed by atoms with Crippen molar-refractivity contribution in [1.82, 2.24) is 19.9 Å². The third-order valence-corrected chi connectivity index (χ3v) is 1.84. The summed E-state index contributed by atoms with van der Waals surface area (Å²) in [6.07, 6.45) is 1.31. The molecule has 0 radical (unpaired) electrons. The molecule has 12 heavy (non-hydrogen) atoms. The van der Waals surface area contributed by atoms with Gasteiger partial charge in [-0.05, 0) is 6.92 Å². The Kier molecular flexibility index (Phi) is 2.43. The summed E-state index contributed by atoms with van der Waals surface area (Å²) in [5.41, 5.74) is 0. The maximum absolute atomic E-state index is 10.9. The number of hydrogen-bond donors (Lipinski definition) is 3. The van der Waals surface area contributed by atoms with Crippen LogP contribution in [0.5, 0.6) is 0 Å². The maximum atomic E-state index is 10.9. The van der Waals surface area contributed by atoms with Gasteiger partial charge in [-0.15, -0.1) is 0 Å². The van der Waals surface area contributed by atoms with Crippen LogP contribution in [0.25, 0.3) is 0 Å². The quantitative estimate of drug-likeness (QED) is 0.614. The second kappa shape index (κ2) is 3.20. The molecule has 0 spiro atoms. The summed E-state index contributed by atoms with van der Waals surface area (Å²) < 4.78 is 20.4. The van der Waals surface area contributed by atoms with Gasteiger partial charge in [-0.25, -0.2) is 18.7 Å². The predicted molar refractivity (Wildman–Crippen MR) is 44.7 cm³/mol. The van der Waals surface area contributed by atoms with E-state index >= 15 is 0 Å². The van der Waals surface area contributed by atoms with Gasteiger partial charge in [0, 0.05) is 6.26 Å². The molecule has 0 aliphatic carbocycles. The van der Waals surface area contributed by atoms with Gasteiger partial charge in [-0.1, -0.05) is 0 Å². The van der Waals surface area contributed by atoms with E-state index in [1.54, 1.807) is 6.92 Å². The van der Waals surface area contributed by atoms with E-state index in [0.717, 1.165) is 0 Å². The first-order valence-corrected chi connectivity index (χ1v) is 5.30. The van der Waals surface area contributed by atoms with E-state index < -0.39 is 9.92 Å². The van der Waals surface area contributed by atoms with Gasteiger partial charge in [0.1, 0.15) is 15.7 Å². The molecule has 0 saturated heterocycles. The van der Waals surface area contributed by atoms with Crippen LogP contribution in [0.2, 0.25) is 0 Å². The molecular weight excluding hydrogens is 178 g/mol. The lowest BCUT2D eigenvalue weighted by Crippen LogP contribution is -2.20. The van der Waals surface area contributed by atoms with Gasteiger partial charge in [0.25, 0.3) is 0 Å². The van der Waals surface area contributed by atoms with Crippen LogP contribution in [0.3, 0.4) is 0 Å². The van der Waals surface area contributed by atoms with Crippen LogP contribution in [-0.4, -0.2) is 25.6 Å². The molecule has 0 amide bonds. The van der Waals surface area contributed by atoms with Crippen LogP contribution in [0.1, 0.15) is 11.6 Å². The normalized spacial score (nSPS) is 15.8. The molecule has 1 aromatic rings. The SMILES string of the molecule is Cc1nc(CNS(C)(=N)=O)n[nH]1. The van der Waals surface area contributed by atoms with Gasteiger partial charge in [0.15, 0.2) is 5.82 Å². The third kappa shape index (κ3) is 2.97. The molecule has 0 fully saturated rings. The van der Waals surface area contributed by atoms with Crippen molar-refractivity contribution in [3.8, 4) is 0 Å². The van der Waals surface area contributed by atoms with Crippen LogP contribution < -0.4 is 4.72 Å². The van der Waals surface area contributed by atoms with Gasteiger partial charge in [-0.3, -0.25) is 5.10 Å². The van der Waals surface area contributed by atoms with Gasteiger partial charge in [0.2, 0.25) is 0 Å². The van der Waals surface area contributed by atoms with Crippen molar-refractivity contribution in [1.29, 1.82) is 4.78 Å². The van der Waals surface area contributed by atoms with Crippen molar-refractivity contribution in [3.63, 3.8) is 0 Å². The van der Waals surface area contributed by atoms with Gasteiger partial charge >= 0.3 is 0 Å². The first kappa shape index (κ1) is 9.14. The average molecular weight is 189 g/mol.